The van der Waals surface area contributed by atoms with Gasteiger partial charge in [0.2, 0.25) is 0 Å². The maximum Gasteiger partial charge on any atom is 0.491 e. The van der Waals surface area contributed by atoms with Crippen molar-refractivity contribution in [1.82, 2.24) is 5.32 Å². The lowest BCUT2D eigenvalue weighted by Crippen LogP contribution is -2.63. The summed E-state index contributed by atoms with van der Waals surface area (Å²) >= 11 is 0. The molecule has 0 spiro atoms. The molecule has 5 rings (SSSR count). The molecule has 4 aliphatic rings. The SMILES string of the molecule is C=C[C@]1(C)C[C@@H](OC(=O)NC(=O)c2ccc3c(c2)B(O)OC3)[C@]2(C)[C@H](C)CC[C@]3(CCC(=O)[C@H]32)[C@@H](C)[C@@H]1O. The molecule has 8 atom stereocenters. The van der Waals surface area contributed by atoms with Gasteiger partial charge in [-0.1, -0.05) is 39.8 Å². The number of hydrogen-bond donors (Lipinski definition) is 3. The molecule has 1 aromatic rings. The Labute approximate surface area is 224 Å². The standard InChI is InChI=1S/C29H38BNO7/c1-6-27(4)14-22(38-26(35)31-25(34)18-7-8-19-15-37-30(36)20(19)13-18)28(5)16(2)9-11-29(17(3)24(27)33)12-10-21(32)23(28)29/h6-8,13,16-17,22-24,33,36H,1,9-12,14-15H2,2-5H3,(H,31,34,35)/t16-,17+,22-,23+,24+,27-,28+,29+/m1/s1. The summed E-state index contributed by atoms with van der Waals surface area (Å²) in [5.41, 5.74) is -0.317. The summed E-state index contributed by atoms with van der Waals surface area (Å²) in [6.07, 6.45) is 2.52. The van der Waals surface area contributed by atoms with Crippen LogP contribution < -0.4 is 10.8 Å². The Morgan fingerprint density at radius 1 is 1.26 bits per heavy atom. The lowest BCUT2D eigenvalue weighted by molar-refractivity contribution is -0.191. The summed E-state index contributed by atoms with van der Waals surface area (Å²) < 4.78 is 11.3. The van der Waals surface area contributed by atoms with Crippen LogP contribution in [0.15, 0.2) is 30.9 Å². The average Bonchev–Trinajstić information content (AvgIpc) is 3.44. The minimum Gasteiger partial charge on any atom is -0.445 e. The summed E-state index contributed by atoms with van der Waals surface area (Å²) in [4.78, 5) is 39.7. The zero-order valence-electron chi connectivity index (χ0n) is 22.7. The number of alkyl carbamates (subject to hydrolysis) is 1. The zero-order chi connectivity index (χ0) is 27.6. The van der Waals surface area contributed by atoms with Crippen LogP contribution >= 0.6 is 0 Å². The minimum atomic E-state index is -1.11. The Kier molecular flexibility index (Phi) is 6.64. The number of fused-ring (bicyclic) bond motifs is 1. The van der Waals surface area contributed by atoms with E-state index in [1.165, 1.54) is 6.07 Å². The van der Waals surface area contributed by atoms with Gasteiger partial charge in [-0.15, -0.1) is 6.58 Å². The molecule has 0 aromatic heterocycles. The number of carbonyl (C=O) groups is 3. The molecule has 9 heteroatoms. The van der Waals surface area contributed by atoms with E-state index in [-0.39, 0.29) is 47.5 Å². The first-order chi connectivity index (χ1) is 17.9. The quantitative estimate of drug-likeness (QED) is 0.411. The Morgan fingerprint density at radius 3 is 2.71 bits per heavy atom. The highest BCUT2D eigenvalue weighted by Gasteiger charge is 2.68. The van der Waals surface area contributed by atoms with Crippen LogP contribution in [0.5, 0.6) is 0 Å². The fourth-order valence-corrected chi connectivity index (χ4v) is 8.18. The summed E-state index contributed by atoms with van der Waals surface area (Å²) in [6.45, 7) is 12.4. The molecule has 2 amide bonds. The van der Waals surface area contributed by atoms with E-state index in [4.69, 9.17) is 9.39 Å². The normalized spacial score (nSPS) is 40.0. The Morgan fingerprint density at radius 2 is 2.00 bits per heavy atom. The number of Topliss-reactive ketones (excluding diaryl/α,β-unsaturated/α-hetero) is 1. The van der Waals surface area contributed by atoms with Crippen molar-refractivity contribution in [1.29, 1.82) is 0 Å². The van der Waals surface area contributed by atoms with Crippen molar-refractivity contribution in [3.8, 4) is 0 Å². The first-order valence-corrected chi connectivity index (χ1v) is 13.7. The van der Waals surface area contributed by atoms with Gasteiger partial charge in [0.1, 0.15) is 11.9 Å². The molecule has 1 heterocycles. The predicted molar refractivity (Wildman–Crippen MR) is 141 cm³/mol. The van der Waals surface area contributed by atoms with Crippen molar-refractivity contribution >= 4 is 30.4 Å². The van der Waals surface area contributed by atoms with Gasteiger partial charge in [-0.2, -0.15) is 0 Å². The first-order valence-electron chi connectivity index (χ1n) is 13.7. The summed E-state index contributed by atoms with van der Waals surface area (Å²) in [6, 6.07) is 4.77. The van der Waals surface area contributed by atoms with Crippen LogP contribution in [-0.4, -0.2) is 47.2 Å². The van der Waals surface area contributed by atoms with Gasteiger partial charge in [0.15, 0.2) is 0 Å². The molecule has 0 radical (unpaired) electrons. The molecule has 1 aliphatic heterocycles. The number of rotatable bonds is 3. The van der Waals surface area contributed by atoms with Crippen molar-refractivity contribution in [3.63, 3.8) is 0 Å². The van der Waals surface area contributed by atoms with E-state index in [1.54, 1.807) is 18.2 Å². The molecule has 2 bridgehead atoms. The molecule has 0 saturated heterocycles. The van der Waals surface area contributed by atoms with Crippen LogP contribution in [0, 0.1) is 34.0 Å². The number of amides is 2. The number of aliphatic hydroxyl groups is 1. The van der Waals surface area contributed by atoms with Gasteiger partial charge >= 0.3 is 13.2 Å². The van der Waals surface area contributed by atoms with Gasteiger partial charge in [0.05, 0.1) is 12.7 Å². The maximum absolute atomic E-state index is 13.5. The third-order valence-corrected chi connectivity index (χ3v) is 10.8. The third kappa shape index (κ3) is 3.88. The van der Waals surface area contributed by atoms with E-state index < -0.39 is 42.2 Å². The molecule has 3 fully saturated rings. The monoisotopic (exact) mass is 523 g/mol. The number of ketones is 1. The van der Waals surface area contributed by atoms with Crippen LogP contribution in [-0.2, 0) is 20.8 Å². The molecule has 3 N–H and O–H groups in total. The molecule has 204 valence electrons. The highest BCUT2D eigenvalue weighted by atomic mass is 16.6. The van der Waals surface area contributed by atoms with Gasteiger partial charge in [-0.3, -0.25) is 14.9 Å². The molecule has 3 aliphatic carbocycles. The van der Waals surface area contributed by atoms with E-state index in [2.05, 4.69) is 32.7 Å². The smallest absolute Gasteiger partial charge is 0.445 e. The van der Waals surface area contributed by atoms with E-state index in [0.717, 1.165) is 24.8 Å². The van der Waals surface area contributed by atoms with Crippen molar-refractivity contribution in [2.45, 2.75) is 78.6 Å². The fraction of sp³-hybridized carbons (Fsp3) is 0.621. The molecule has 8 nitrogen and oxygen atoms in total. The summed E-state index contributed by atoms with van der Waals surface area (Å²) in [7, 11) is -1.11. The number of carbonyl (C=O) groups excluding carboxylic acids is 3. The summed E-state index contributed by atoms with van der Waals surface area (Å²) in [5.74, 6) is -0.861. The van der Waals surface area contributed by atoms with E-state index in [0.29, 0.717) is 11.9 Å². The van der Waals surface area contributed by atoms with Gasteiger partial charge in [-0.25, -0.2) is 4.79 Å². The average molecular weight is 523 g/mol. The molecular formula is C29H38BNO7. The number of hydrogen-bond acceptors (Lipinski definition) is 7. The number of benzene rings is 1. The lowest BCUT2D eigenvalue weighted by atomic mass is 9.44. The maximum atomic E-state index is 13.5. The van der Waals surface area contributed by atoms with Crippen LogP contribution in [0.1, 0.15) is 75.7 Å². The fourth-order valence-electron chi connectivity index (χ4n) is 8.18. The predicted octanol–water partition coefficient (Wildman–Crippen LogP) is 3.13. The number of nitrogens with one attached hydrogen (secondary N) is 1. The second-order valence-electron chi connectivity index (χ2n) is 12.5. The van der Waals surface area contributed by atoms with Crippen LogP contribution in [0.4, 0.5) is 4.79 Å². The van der Waals surface area contributed by atoms with Crippen molar-refractivity contribution < 1.29 is 33.9 Å². The zero-order valence-corrected chi connectivity index (χ0v) is 22.7. The highest BCUT2D eigenvalue weighted by molar-refractivity contribution is 6.61. The van der Waals surface area contributed by atoms with Gasteiger partial charge in [0.25, 0.3) is 5.91 Å². The van der Waals surface area contributed by atoms with Gasteiger partial charge in [-0.05, 0) is 66.1 Å². The van der Waals surface area contributed by atoms with E-state index in [9.17, 15) is 24.5 Å². The first kappa shape index (κ1) is 27.1. The lowest BCUT2D eigenvalue weighted by Gasteiger charge is -2.61. The molecule has 3 saturated carbocycles. The third-order valence-electron chi connectivity index (χ3n) is 10.8. The number of aliphatic hydroxyl groups excluding tert-OH is 1. The number of ether oxygens (including phenoxy) is 1. The Bertz CT molecular complexity index is 1190. The van der Waals surface area contributed by atoms with Gasteiger partial charge < -0.3 is 19.5 Å². The van der Waals surface area contributed by atoms with Crippen molar-refractivity contribution in [2.24, 2.45) is 34.0 Å². The van der Waals surface area contributed by atoms with E-state index >= 15 is 0 Å². The van der Waals surface area contributed by atoms with Crippen LogP contribution in [0.25, 0.3) is 0 Å². The number of imide groups is 1. The van der Waals surface area contributed by atoms with Crippen molar-refractivity contribution in [3.05, 3.63) is 42.0 Å². The second-order valence-corrected chi connectivity index (χ2v) is 12.5. The second kappa shape index (κ2) is 9.31. The minimum absolute atomic E-state index is 0.0888. The van der Waals surface area contributed by atoms with Crippen LogP contribution in [0.2, 0.25) is 0 Å². The highest BCUT2D eigenvalue weighted by Crippen LogP contribution is 2.67. The summed E-state index contributed by atoms with van der Waals surface area (Å²) in [5, 5.41) is 23.9. The Hall–Kier alpha value is -2.49. The van der Waals surface area contributed by atoms with Crippen molar-refractivity contribution in [2.75, 3.05) is 0 Å². The topological polar surface area (TPSA) is 122 Å². The molecular weight excluding hydrogens is 485 g/mol. The molecule has 0 unspecified atom stereocenters. The largest absolute Gasteiger partial charge is 0.491 e. The molecule has 38 heavy (non-hydrogen) atoms. The molecule has 1 aromatic carbocycles. The van der Waals surface area contributed by atoms with Gasteiger partial charge in [0, 0.05) is 28.7 Å². The van der Waals surface area contributed by atoms with Crippen LogP contribution in [0.3, 0.4) is 0 Å². The van der Waals surface area contributed by atoms with E-state index in [1.807, 2.05) is 6.92 Å². The Balaban J connectivity index is 1.46.